The van der Waals surface area contributed by atoms with Crippen LogP contribution >= 0.6 is 11.3 Å². The number of likely N-dealkylation sites (tertiary alicyclic amines) is 1. The van der Waals surface area contributed by atoms with Crippen LogP contribution in [0.25, 0.3) is 32.5 Å². The van der Waals surface area contributed by atoms with Crippen molar-refractivity contribution in [3.8, 4) is 22.4 Å². The van der Waals surface area contributed by atoms with Gasteiger partial charge in [-0.1, -0.05) is 5.92 Å². The van der Waals surface area contributed by atoms with Crippen molar-refractivity contribution in [3.63, 3.8) is 0 Å². The lowest BCUT2D eigenvalue weighted by Gasteiger charge is -2.24. The van der Waals surface area contributed by atoms with Crippen LogP contribution in [0.3, 0.4) is 0 Å². The zero-order valence-electron chi connectivity index (χ0n) is 22.5. The van der Waals surface area contributed by atoms with Gasteiger partial charge in [0.25, 0.3) is 0 Å². The minimum Gasteiger partial charge on any atom is -0.444 e. The van der Waals surface area contributed by atoms with E-state index in [0.29, 0.717) is 41.6 Å². The van der Waals surface area contributed by atoms with Crippen LogP contribution in [0.2, 0.25) is 0 Å². The predicted molar refractivity (Wildman–Crippen MR) is 151 cm³/mol. The number of anilines is 1. The molecule has 1 saturated heterocycles. The van der Waals surface area contributed by atoms with Crippen molar-refractivity contribution in [2.24, 2.45) is 7.05 Å². The lowest BCUT2D eigenvalue weighted by atomic mass is 10.1. The predicted octanol–water partition coefficient (Wildman–Crippen LogP) is 4.74. The highest BCUT2D eigenvalue weighted by Crippen LogP contribution is 2.37. The zero-order valence-corrected chi connectivity index (χ0v) is 23.3. The number of fused-ring (bicyclic) bond motifs is 2. The molecular formula is C28H27FN8O2S. The Morgan fingerprint density at radius 2 is 2.05 bits per heavy atom. The second kappa shape index (κ2) is 9.60. The van der Waals surface area contributed by atoms with Gasteiger partial charge in [0.05, 0.1) is 45.4 Å². The topological polar surface area (TPSA) is 117 Å². The fraction of sp³-hybridized carbons (Fsp3) is 0.321. The summed E-state index contributed by atoms with van der Waals surface area (Å²) >= 11 is 1.47. The van der Waals surface area contributed by atoms with Crippen LogP contribution in [0.15, 0.2) is 36.2 Å². The largest absolute Gasteiger partial charge is 0.444 e. The maximum atomic E-state index is 14.9. The molecule has 40 heavy (non-hydrogen) atoms. The van der Waals surface area contributed by atoms with Crippen LogP contribution in [0.4, 0.5) is 15.0 Å². The third kappa shape index (κ3) is 4.62. The molecule has 0 aliphatic carbocycles. The smallest absolute Gasteiger partial charge is 0.410 e. The minimum atomic E-state index is -0.595. The molecule has 1 fully saturated rings. The molecule has 0 saturated carbocycles. The Bertz CT molecular complexity index is 1820. The molecule has 2 N–H and O–H groups in total. The number of thiazole rings is 1. The van der Waals surface area contributed by atoms with Gasteiger partial charge >= 0.3 is 6.09 Å². The first kappa shape index (κ1) is 25.8. The summed E-state index contributed by atoms with van der Waals surface area (Å²) < 4.78 is 24.1. The summed E-state index contributed by atoms with van der Waals surface area (Å²) in [7, 11) is 1.81. The third-order valence-electron chi connectivity index (χ3n) is 6.71. The molecular weight excluding hydrogens is 531 g/mol. The number of carbonyl (C=O) groups excluding carboxylic acids is 1. The van der Waals surface area contributed by atoms with E-state index in [-0.39, 0.29) is 23.5 Å². The lowest BCUT2D eigenvalue weighted by Crippen LogP contribution is -2.35. The van der Waals surface area contributed by atoms with Crippen molar-refractivity contribution in [1.29, 1.82) is 0 Å². The first-order valence-corrected chi connectivity index (χ1v) is 13.6. The number of carbonyl (C=O) groups is 1. The summed E-state index contributed by atoms with van der Waals surface area (Å²) in [6, 6.07) is 2.88. The standard InChI is InChI=1S/C28H27FN8O2S/c1-28(2,3)39-27(38)36-9-7-17(14-36)37-24-18(26-31-8-10-40-26)13-32-25(30)23(24)20(34-37)6-5-16-11-21-22(12-19(16)29)35(4)15-33-21/h8,10-13,15,17H,7,9,14H2,1-4H3,(H2,30,32)/t17-/m0/s1. The van der Waals surface area contributed by atoms with E-state index in [1.807, 2.05) is 37.9 Å². The number of hydrogen-bond donors (Lipinski definition) is 1. The maximum absolute atomic E-state index is 14.9. The van der Waals surface area contributed by atoms with Crippen LogP contribution in [0.5, 0.6) is 0 Å². The number of aromatic nitrogens is 6. The van der Waals surface area contributed by atoms with Crippen molar-refractivity contribution in [2.45, 2.75) is 38.8 Å². The van der Waals surface area contributed by atoms with E-state index in [2.05, 4.69) is 26.8 Å². The summed E-state index contributed by atoms with van der Waals surface area (Å²) in [5.74, 6) is 5.77. The van der Waals surface area contributed by atoms with Crippen LogP contribution in [-0.2, 0) is 11.8 Å². The molecule has 0 unspecified atom stereocenters. The average molecular weight is 559 g/mol. The summed E-state index contributed by atoms with van der Waals surface area (Å²) in [4.78, 5) is 27.7. The monoisotopic (exact) mass is 558 g/mol. The Labute approximate surface area is 233 Å². The van der Waals surface area contributed by atoms with Crippen molar-refractivity contribution in [2.75, 3.05) is 18.8 Å². The molecule has 12 heteroatoms. The van der Waals surface area contributed by atoms with Gasteiger partial charge in [-0.15, -0.1) is 11.3 Å². The van der Waals surface area contributed by atoms with Gasteiger partial charge in [0, 0.05) is 44.0 Å². The number of ether oxygens (including phenoxy) is 1. The summed E-state index contributed by atoms with van der Waals surface area (Å²) in [5, 5.41) is 8.07. The quantitative estimate of drug-likeness (QED) is 0.311. The van der Waals surface area contributed by atoms with E-state index in [0.717, 1.165) is 16.1 Å². The third-order valence-corrected chi connectivity index (χ3v) is 7.51. The molecule has 1 atom stereocenters. The van der Waals surface area contributed by atoms with Gasteiger partial charge in [0.2, 0.25) is 0 Å². The van der Waals surface area contributed by atoms with E-state index in [1.54, 1.807) is 34.3 Å². The second-order valence-electron chi connectivity index (χ2n) is 10.7. The zero-order chi connectivity index (χ0) is 28.2. The number of nitrogen functional groups attached to an aromatic ring is 1. The summed E-state index contributed by atoms with van der Waals surface area (Å²) in [6.07, 6.45) is 5.33. The van der Waals surface area contributed by atoms with Gasteiger partial charge in [0.15, 0.2) is 0 Å². The molecule has 0 spiro atoms. The van der Waals surface area contributed by atoms with Crippen molar-refractivity contribution in [3.05, 3.63) is 53.3 Å². The van der Waals surface area contributed by atoms with Gasteiger partial charge in [-0.25, -0.2) is 24.1 Å². The van der Waals surface area contributed by atoms with Crippen LogP contribution in [0.1, 0.15) is 44.5 Å². The molecule has 4 aromatic heterocycles. The number of imidazole rings is 1. The van der Waals surface area contributed by atoms with Crippen LogP contribution < -0.4 is 5.73 Å². The van der Waals surface area contributed by atoms with Gasteiger partial charge in [-0.3, -0.25) is 4.68 Å². The lowest BCUT2D eigenvalue weighted by molar-refractivity contribution is 0.0288. The SMILES string of the molecule is Cn1cnc2cc(C#Cc3nn([C@H]4CCN(C(=O)OC(C)(C)C)C4)c4c(-c5nccs5)cnc(N)c34)c(F)cc21. The maximum Gasteiger partial charge on any atom is 0.410 e. The summed E-state index contributed by atoms with van der Waals surface area (Å²) in [6.45, 7) is 6.45. The van der Waals surface area contributed by atoms with Crippen LogP contribution in [0, 0.1) is 17.7 Å². The van der Waals surface area contributed by atoms with Crippen LogP contribution in [-0.4, -0.2) is 59.0 Å². The molecule has 204 valence electrons. The van der Waals surface area contributed by atoms with Gasteiger partial charge in [-0.2, -0.15) is 5.10 Å². The molecule has 5 aromatic rings. The Balaban J connectivity index is 1.46. The fourth-order valence-corrected chi connectivity index (χ4v) is 5.51. The molecule has 10 nitrogen and oxygen atoms in total. The number of aryl methyl sites for hydroxylation is 1. The van der Waals surface area contributed by atoms with Gasteiger partial charge < -0.3 is 19.9 Å². The highest BCUT2D eigenvalue weighted by atomic mass is 32.1. The van der Waals surface area contributed by atoms with Crippen molar-refractivity contribution >= 4 is 45.2 Å². The highest BCUT2D eigenvalue weighted by Gasteiger charge is 2.33. The molecule has 5 heterocycles. The van der Waals surface area contributed by atoms with E-state index in [1.165, 1.54) is 17.4 Å². The first-order valence-electron chi connectivity index (χ1n) is 12.8. The van der Waals surface area contributed by atoms with Gasteiger partial charge in [-0.05, 0) is 39.2 Å². The number of nitrogens with zero attached hydrogens (tertiary/aromatic N) is 7. The number of hydrogen-bond acceptors (Lipinski definition) is 8. The molecule has 0 bridgehead atoms. The minimum absolute atomic E-state index is 0.160. The molecule has 1 aliphatic heterocycles. The Hall–Kier alpha value is -4.50. The fourth-order valence-electron chi connectivity index (χ4n) is 4.86. The van der Waals surface area contributed by atoms with E-state index >= 15 is 0 Å². The number of pyridine rings is 1. The molecule has 1 amide bonds. The molecule has 0 radical (unpaired) electrons. The molecule has 6 rings (SSSR count). The number of nitrogens with two attached hydrogens (primary N) is 1. The Morgan fingerprint density at radius 1 is 1.23 bits per heavy atom. The number of benzene rings is 1. The number of rotatable bonds is 2. The second-order valence-corrected chi connectivity index (χ2v) is 11.6. The average Bonchev–Trinajstić information content (AvgIpc) is 3.69. The van der Waals surface area contributed by atoms with Gasteiger partial charge in [0.1, 0.15) is 27.9 Å². The number of halogens is 1. The van der Waals surface area contributed by atoms with E-state index in [9.17, 15) is 9.18 Å². The Morgan fingerprint density at radius 3 is 2.80 bits per heavy atom. The number of amides is 1. The summed E-state index contributed by atoms with van der Waals surface area (Å²) in [5.41, 5.74) is 9.17. The van der Waals surface area contributed by atoms with Crippen molar-refractivity contribution < 1.29 is 13.9 Å². The molecule has 1 aromatic carbocycles. The molecule has 1 aliphatic rings. The van der Waals surface area contributed by atoms with E-state index in [4.69, 9.17) is 15.6 Å². The highest BCUT2D eigenvalue weighted by molar-refractivity contribution is 7.13. The normalized spacial score (nSPS) is 15.5. The first-order chi connectivity index (χ1) is 19.1. The Kier molecular flexibility index (Phi) is 6.18. The van der Waals surface area contributed by atoms with E-state index < -0.39 is 11.4 Å². The van der Waals surface area contributed by atoms with Crippen molar-refractivity contribution in [1.82, 2.24) is 34.2 Å².